The van der Waals surface area contributed by atoms with E-state index < -0.39 is 0 Å². The van der Waals surface area contributed by atoms with Gasteiger partial charge in [-0.05, 0) is 23.4 Å². The molecule has 1 aromatic carbocycles. The van der Waals surface area contributed by atoms with Gasteiger partial charge in [0, 0.05) is 0 Å². The molecule has 0 aliphatic carbocycles. The lowest BCUT2D eigenvalue weighted by Gasteiger charge is -2.02. The molecule has 0 amide bonds. The van der Waals surface area contributed by atoms with Crippen LogP contribution in [0.25, 0.3) is 10.1 Å². The molecule has 3 heteroatoms. The molecule has 3 N–H and O–H groups in total. The Bertz CT molecular complexity index is 447. The molecule has 0 spiro atoms. The van der Waals surface area contributed by atoms with Crippen LogP contribution in [-0.4, -0.2) is 5.11 Å². The Morgan fingerprint density at radius 1 is 1.46 bits per heavy atom. The lowest BCUT2D eigenvalue weighted by atomic mass is 10.1. The number of hydrogen-bond acceptors (Lipinski definition) is 3. The van der Waals surface area contributed by atoms with Gasteiger partial charge in [0.15, 0.2) is 5.06 Å². The minimum Gasteiger partial charge on any atom is -0.499 e. The third-order valence-electron chi connectivity index (χ3n) is 2.18. The Hall–Kier alpha value is -1.22. The molecule has 1 heterocycles. The number of aryl methyl sites for hydroxylation is 1. The van der Waals surface area contributed by atoms with Gasteiger partial charge in [0.2, 0.25) is 0 Å². The predicted molar refractivity (Wildman–Crippen MR) is 57.3 cm³/mol. The van der Waals surface area contributed by atoms with Crippen LogP contribution in [0.3, 0.4) is 0 Å². The van der Waals surface area contributed by atoms with Crippen LogP contribution in [0.2, 0.25) is 0 Å². The van der Waals surface area contributed by atoms with Gasteiger partial charge < -0.3 is 10.8 Å². The number of rotatable bonds is 1. The maximum Gasteiger partial charge on any atom is 0.172 e. The van der Waals surface area contributed by atoms with Crippen LogP contribution >= 0.6 is 11.3 Å². The molecule has 0 aliphatic rings. The lowest BCUT2D eigenvalue weighted by Crippen LogP contribution is -1.91. The zero-order valence-electron chi connectivity index (χ0n) is 7.37. The van der Waals surface area contributed by atoms with Crippen LogP contribution in [0.15, 0.2) is 18.2 Å². The van der Waals surface area contributed by atoms with Crippen molar-refractivity contribution in [2.75, 3.05) is 5.73 Å². The molecule has 0 bridgehead atoms. The third-order valence-corrected chi connectivity index (χ3v) is 3.17. The standard InChI is InChI=1S/C10H11NOS/c1-2-6-3-4-7-5-8(12)13-10(7)9(6)11/h3-5,12H,2,11H2,1H3. The molecular formula is C10H11NOS. The van der Waals surface area contributed by atoms with E-state index in [2.05, 4.69) is 6.92 Å². The van der Waals surface area contributed by atoms with E-state index in [1.54, 1.807) is 6.07 Å². The second-order valence-electron chi connectivity index (χ2n) is 2.99. The maximum atomic E-state index is 9.31. The van der Waals surface area contributed by atoms with Gasteiger partial charge in [-0.2, -0.15) is 0 Å². The molecule has 0 atom stereocenters. The topological polar surface area (TPSA) is 46.2 Å². The van der Waals surface area contributed by atoms with Gasteiger partial charge in [0.05, 0.1) is 10.4 Å². The Kier molecular flexibility index (Phi) is 1.88. The molecule has 0 unspecified atom stereocenters. The molecule has 0 aliphatic heterocycles. The smallest absolute Gasteiger partial charge is 0.172 e. The van der Waals surface area contributed by atoms with E-state index in [9.17, 15) is 5.11 Å². The van der Waals surface area contributed by atoms with E-state index in [4.69, 9.17) is 5.73 Å². The molecule has 68 valence electrons. The monoisotopic (exact) mass is 193 g/mol. The van der Waals surface area contributed by atoms with E-state index in [1.807, 2.05) is 12.1 Å². The maximum absolute atomic E-state index is 9.31. The van der Waals surface area contributed by atoms with E-state index >= 15 is 0 Å². The molecule has 2 rings (SSSR count). The molecule has 1 aromatic heterocycles. The third kappa shape index (κ3) is 1.25. The van der Waals surface area contributed by atoms with E-state index in [1.165, 1.54) is 11.3 Å². The van der Waals surface area contributed by atoms with Crippen LogP contribution < -0.4 is 5.73 Å². The summed E-state index contributed by atoms with van der Waals surface area (Å²) in [7, 11) is 0. The fourth-order valence-electron chi connectivity index (χ4n) is 1.46. The Labute approximate surface area is 80.6 Å². The number of thiophene rings is 1. The molecule has 13 heavy (non-hydrogen) atoms. The Morgan fingerprint density at radius 3 is 2.92 bits per heavy atom. The second-order valence-corrected chi connectivity index (χ2v) is 4.03. The summed E-state index contributed by atoms with van der Waals surface area (Å²) in [5, 5.41) is 10.7. The van der Waals surface area contributed by atoms with Crippen LogP contribution in [0.1, 0.15) is 12.5 Å². The highest BCUT2D eigenvalue weighted by Gasteiger charge is 2.06. The van der Waals surface area contributed by atoms with Gasteiger partial charge in [-0.15, -0.1) is 0 Å². The minimum absolute atomic E-state index is 0.329. The quantitative estimate of drug-likeness (QED) is 0.684. The van der Waals surface area contributed by atoms with Crippen molar-refractivity contribution in [3.05, 3.63) is 23.8 Å². The van der Waals surface area contributed by atoms with Crippen LogP contribution in [-0.2, 0) is 6.42 Å². The van der Waals surface area contributed by atoms with Gasteiger partial charge in [0.1, 0.15) is 0 Å². The number of hydrogen-bond donors (Lipinski definition) is 2. The zero-order valence-corrected chi connectivity index (χ0v) is 8.19. The van der Waals surface area contributed by atoms with E-state index in [-0.39, 0.29) is 0 Å². The SMILES string of the molecule is CCc1ccc2cc(O)sc2c1N. The number of fused-ring (bicyclic) bond motifs is 1. The molecule has 2 nitrogen and oxygen atoms in total. The molecule has 0 radical (unpaired) electrons. The molecule has 2 aromatic rings. The van der Waals surface area contributed by atoms with E-state index in [0.717, 1.165) is 27.8 Å². The molecule has 0 fully saturated rings. The zero-order chi connectivity index (χ0) is 9.42. The number of aromatic hydroxyl groups is 1. The van der Waals surface area contributed by atoms with Crippen molar-refractivity contribution in [2.24, 2.45) is 0 Å². The minimum atomic E-state index is 0.329. The number of nitrogens with two attached hydrogens (primary N) is 1. The van der Waals surface area contributed by atoms with Crippen LogP contribution in [0.4, 0.5) is 5.69 Å². The number of anilines is 1. The van der Waals surface area contributed by atoms with Crippen molar-refractivity contribution in [1.29, 1.82) is 0 Å². The molecule has 0 saturated heterocycles. The van der Waals surface area contributed by atoms with Gasteiger partial charge in [0.25, 0.3) is 0 Å². The molecule has 0 saturated carbocycles. The number of nitrogen functional groups attached to an aromatic ring is 1. The largest absolute Gasteiger partial charge is 0.499 e. The van der Waals surface area contributed by atoms with Gasteiger partial charge in [-0.1, -0.05) is 30.4 Å². The van der Waals surface area contributed by atoms with Crippen LogP contribution in [0.5, 0.6) is 5.06 Å². The highest BCUT2D eigenvalue weighted by atomic mass is 32.1. The number of benzene rings is 1. The fraction of sp³-hybridized carbons (Fsp3) is 0.200. The highest BCUT2D eigenvalue weighted by molar-refractivity contribution is 7.21. The predicted octanol–water partition coefficient (Wildman–Crippen LogP) is 2.75. The summed E-state index contributed by atoms with van der Waals surface area (Å²) in [5.74, 6) is 0. The lowest BCUT2D eigenvalue weighted by molar-refractivity contribution is 0.491. The van der Waals surface area contributed by atoms with Crippen LogP contribution in [0, 0.1) is 0 Å². The molecular weight excluding hydrogens is 182 g/mol. The summed E-state index contributed by atoms with van der Waals surface area (Å²) < 4.78 is 0.997. The van der Waals surface area contributed by atoms with E-state index in [0.29, 0.717) is 5.06 Å². The average Bonchev–Trinajstić information content (AvgIpc) is 2.47. The van der Waals surface area contributed by atoms with Crippen molar-refractivity contribution >= 4 is 27.1 Å². The Balaban J connectivity index is 2.78. The highest BCUT2D eigenvalue weighted by Crippen LogP contribution is 2.36. The summed E-state index contributed by atoms with van der Waals surface area (Å²) in [6.07, 6.45) is 0.931. The fourth-order valence-corrected chi connectivity index (χ4v) is 2.34. The first kappa shape index (κ1) is 8.38. The summed E-state index contributed by atoms with van der Waals surface area (Å²) in [5.41, 5.74) is 7.90. The van der Waals surface area contributed by atoms with Gasteiger partial charge in [-0.25, -0.2) is 0 Å². The van der Waals surface area contributed by atoms with Crippen molar-refractivity contribution in [3.8, 4) is 5.06 Å². The first-order valence-electron chi connectivity index (χ1n) is 4.22. The summed E-state index contributed by atoms with van der Waals surface area (Å²) in [4.78, 5) is 0. The van der Waals surface area contributed by atoms with Crippen molar-refractivity contribution < 1.29 is 5.11 Å². The normalized spacial score (nSPS) is 10.8. The van der Waals surface area contributed by atoms with Crippen molar-refractivity contribution in [2.45, 2.75) is 13.3 Å². The summed E-state index contributed by atoms with van der Waals surface area (Å²) in [6, 6.07) is 5.76. The van der Waals surface area contributed by atoms with Crippen molar-refractivity contribution in [3.63, 3.8) is 0 Å². The Morgan fingerprint density at radius 2 is 2.23 bits per heavy atom. The van der Waals surface area contributed by atoms with Gasteiger partial charge in [-0.3, -0.25) is 0 Å². The first-order valence-corrected chi connectivity index (χ1v) is 5.04. The average molecular weight is 193 g/mol. The van der Waals surface area contributed by atoms with Crippen molar-refractivity contribution in [1.82, 2.24) is 0 Å². The first-order chi connectivity index (χ1) is 6.22. The second kappa shape index (κ2) is 2.92. The summed E-state index contributed by atoms with van der Waals surface area (Å²) in [6.45, 7) is 2.07. The van der Waals surface area contributed by atoms with Gasteiger partial charge >= 0.3 is 0 Å². The summed E-state index contributed by atoms with van der Waals surface area (Å²) >= 11 is 1.34.